The second-order valence-electron chi connectivity index (χ2n) is 12.0. The Kier molecular flexibility index (Phi) is 6.72. The molecule has 0 heterocycles. The smallest absolute Gasteiger partial charge is 0.0522 e. The molecule has 1 heteroatoms. The lowest BCUT2D eigenvalue weighted by molar-refractivity contribution is 0.453. The van der Waals surface area contributed by atoms with E-state index in [9.17, 15) is 0 Å². The van der Waals surface area contributed by atoms with Crippen LogP contribution in [0.5, 0.6) is 0 Å². The van der Waals surface area contributed by atoms with Gasteiger partial charge in [0, 0.05) is 28.9 Å². The van der Waals surface area contributed by atoms with Crippen LogP contribution in [0, 0.1) is 5.92 Å². The van der Waals surface area contributed by atoms with Gasteiger partial charge in [0.05, 0.1) is 5.41 Å². The van der Waals surface area contributed by atoms with Gasteiger partial charge < -0.3 is 4.90 Å². The highest BCUT2D eigenvalue weighted by molar-refractivity contribution is 5.79. The molecule has 0 radical (unpaired) electrons. The summed E-state index contributed by atoms with van der Waals surface area (Å²) >= 11 is 0. The Labute approximate surface area is 260 Å². The molecule has 0 amide bonds. The fourth-order valence-corrected chi connectivity index (χ4v) is 7.75. The summed E-state index contributed by atoms with van der Waals surface area (Å²) in [5, 5.41) is 0. The van der Waals surface area contributed by atoms with Crippen LogP contribution in [-0.2, 0) is 5.41 Å². The van der Waals surface area contributed by atoms with Crippen molar-refractivity contribution in [3.8, 4) is 11.1 Å². The van der Waals surface area contributed by atoms with Gasteiger partial charge in [-0.1, -0.05) is 140 Å². The summed E-state index contributed by atoms with van der Waals surface area (Å²) in [6.45, 7) is 0. The van der Waals surface area contributed by atoms with Crippen molar-refractivity contribution >= 4 is 17.1 Å². The van der Waals surface area contributed by atoms with Crippen LogP contribution in [0.25, 0.3) is 11.1 Å². The van der Waals surface area contributed by atoms with E-state index in [1.807, 2.05) is 0 Å². The molecule has 0 spiro atoms. The largest absolute Gasteiger partial charge is 0.311 e. The minimum atomic E-state index is -0.201. The zero-order valence-electron chi connectivity index (χ0n) is 24.8. The maximum Gasteiger partial charge on any atom is 0.0522 e. The van der Waals surface area contributed by atoms with E-state index < -0.39 is 0 Å². The third-order valence-corrected chi connectivity index (χ3v) is 9.64. The Balaban J connectivity index is 1.23. The molecule has 5 aromatic carbocycles. The molecule has 0 saturated carbocycles. The van der Waals surface area contributed by atoms with E-state index in [-0.39, 0.29) is 5.41 Å². The van der Waals surface area contributed by atoms with Crippen LogP contribution in [0.2, 0.25) is 0 Å². The first kappa shape index (κ1) is 26.5. The molecule has 0 saturated heterocycles. The molecular weight excluding hydrogens is 530 g/mol. The van der Waals surface area contributed by atoms with Crippen LogP contribution in [0.4, 0.5) is 17.1 Å². The van der Waals surface area contributed by atoms with Gasteiger partial charge in [-0.05, 0) is 82.6 Å². The molecular formula is C43H35N. The van der Waals surface area contributed by atoms with Gasteiger partial charge >= 0.3 is 0 Å². The third kappa shape index (κ3) is 4.31. The molecule has 0 aromatic heterocycles. The van der Waals surface area contributed by atoms with Crippen molar-refractivity contribution in [2.24, 2.45) is 5.92 Å². The first-order valence-corrected chi connectivity index (χ1v) is 15.8. The monoisotopic (exact) mass is 565 g/mol. The fourth-order valence-electron chi connectivity index (χ4n) is 7.75. The number of fused-ring (bicyclic) bond motifs is 3. The molecule has 0 fully saturated rings. The highest BCUT2D eigenvalue weighted by Crippen LogP contribution is 2.60. The molecule has 3 aliphatic rings. The summed E-state index contributed by atoms with van der Waals surface area (Å²) in [7, 11) is 0. The molecule has 44 heavy (non-hydrogen) atoms. The van der Waals surface area contributed by atoms with Crippen LogP contribution in [0.3, 0.4) is 0 Å². The number of nitrogens with zero attached hydrogens (tertiary/aromatic N) is 1. The van der Waals surface area contributed by atoms with Crippen molar-refractivity contribution < 1.29 is 0 Å². The Morgan fingerprint density at radius 3 is 1.84 bits per heavy atom. The van der Waals surface area contributed by atoms with Crippen LogP contribution in [0.1, 0.15) is 35.4 Å². The topological polar surface area (TPSA) is 3.24 Å². The highest BCUT2D eigenvalue weighted by atomic mass is 15.1. The average Bonchev–Trinajstić information content (AvgIpc) is 3.41. The Morgan fingerprint density at radius 1 is 0.568 bits per heavy atom. The lowest BCUT2D eigenvalue weighted by Crippen LogP contribution is -2.35. The molecule has 0 N–H and O–H groups in total. The molecule has 3 atom stereocenters. The van der Waals surface area contributed by atoms with Gasteiger partial charge in [-0.3, -0.25) is 0 Å². The first-order chi connectivity index (χ1) is 21.8. The minimum Gasteiger partial charge on any atom is -0.311 e. The molecule has 3 aliphatic carbocycles. The number of rotatable bonds is 6. The average molecular weight is 566 g/mol. The van der Waals surface area contributed by atoms with Gasteiger partial charge in [0.15, 0.2) is 0 Å². The zero-order valence-corrected chi connectivity index (χ0v) is 24.8. The van der Waals surface area contributed by atoms with E-state index in [1.54, 1.807) is 0 Å². The quantitative estimate of drug-likeness (QED) is 0.198. The summed E-state index contributed by atoms with van der Waals surface area (Å²) in [4.78, 5) is 2.32. The predicted octanol–water partition coefficient (Wildman–Crippen LogP) is 11.2. The Bertz CT molecular complexity index is 1860. The molecule has 2 unspecified atom stereocenters. The fraction of sp³-hybridized carbons (Fsp3) is 0.116. The zero-order chi connectivity index (χ0) is 29.3. The number of para-hydroxylation sites is 2. The van der Waals surface area contributed by atoms with Crippen molar-refractivity contribution in [3.63, 3.8) is 0 Å². The molecule has 0 bridgehead atoms. The number of hydrogen-bond acceptors (Lipinski definition) is 1. The second-order valence-corrected chi connectivity index (χ2v) is 12.0. The van der Waals surface area contributed by atoms with Crippen LogP contribution >= 0.6 is 0 Å². The molecule has 1 nitrogen and oxygen atoms in total. The Hall–Kier alpha value is -5.14. The van der Waals surface area contributed by atoms with Crippen molar-refractivity contribution in [1.82, 2.24) is 0 Å². The second kappa shape index (κ2) is 11.2. The molecule has 0 aliphatic heterocycles. The maximum absolute atomic E-state index is 2.49. The van der Waals surface area contributed by atoms with E-state index in [2.05, 4.69) is 181 Å². The first-order valence-electron chi connectivity index (χ1n) is 15.8. The number of allylic oxidation sites excluding steroid dienone is 8. The van der Waals surface area contributed by atoms with Gasteiger partial charge in [0.1, 0.15) is 0 Å². The van der Waals surface area contributed by atoms with E-state index in [0.717, 1.165) is 29.9 Å². The number of anilines is 3. The molecule has 5 aromatic rings. The Morgan fingerprint density at radius 2 is 1.18 bits per heavy atom. The highest BCUT2D eigenvalue weighted by Gasteiger charge is 2.53. The normalized spacial score (nSPS) is 21.4. The van der Waals surface area contributed by atoms with Gasteiger partial charge in [0.2, 0.25) is 0 Å². The van der Waals surface area contributed by atoms with Crippen LogP contribution < -0.4 is 4.90 Å². The third-order valence-electron chi connectivity index (χ3n) is 9.64. The molecule has 8 rings (SSSR count). The van der Waals surface area contributed by atoms with Crippen molar-refractivity contribution in [3.05, 3.63) is 198 Å². The van der Waals surface area contributed by atoms with Crippen molar-refractivity contribution in [2.75, 3.05) is 4.90 Å². The number of hydrogen-bond donors (Lipinski definition) is 0. The lowest BCUT2D eigenvalue weighted by Gasteiger charge is -2.40. The van der Waals surface area contributed by atoms with E-state index in [1.165, 1.54) is 33.4 Å². The van der Waals surface area contributed by atoms with Crippen molar-refractivity contribution in [1.29, 1.82) is 0 Å². The van der Waals surface area contributed by atoms with Gasteiger partial charge in [-0.2, -0.15) is 0 Å². The summed E-state index contributed by atoms with van der Waals surface area (Å²) in [6.07, 6.45) is 18.8. The summed E-state index contributed by atoms with van der Waals surface area (Å²) in [5.74, 6) is 0.666. The van der Waals surface area contributed by atoms with Gasteiger partial charge in [-0.15, -0.1) is 0 Å². The SMILES string of the molecule is C1=CC2[C@H](C=C1)c1cc(-c3ccc(N(c4ccccc4)c4ccccc4)cc3)ccc1C2(C1=CCCC=C1)c1ccccc1. The van der Waals surface area contributed by atoms with Gasteiger partial charge in [-0.25, -0.2) is 0 Å². The summed E-state index contributed by atoms with van der Waals surface area (Å²) < 4.78 is 0. The maximum atomic E-state index is 2.49. The standard InChI is InChI=1S/C43H35N/c1-5-15-34(16-6-1)43(35-17-7-2-8-18-35)41-24-14-13-23-39(41)40-31-33(27-30-42(40)43)32-25-28-38(29-26-32)44(36-19-9-3-10-20-36)37-21-11-4-12-22-37/h1,3-7,9-31,39,41H,2,8H2/t39-,41?,43?/m1/s1. The van der Waals surface area contributed by atoms with E-state index >= 15 is 0 Å². The van der Waals surface area contributed by atoms with Crippen LogP contribution in [0.15, 0.2) is 182 Å². The molecule has 212 valence electrons. The van der Waals surface area contributed by atoms with Gasteiger partial charge in [0.25, 0.3) is 0 Å². The number of benzene rings is 5. The van der Waals surface area contributed by atoms with Crippen LogP contribution in [-0.4, -0.2) is 0 Å². The lowest BCUT2D eigenvalue weighted by atomic mass is 9.62. The van der Waals surface area contributed by atoms with E-state index in [4.69, 9.17) is 0 Å². The minimum absolute atomic E-state index is 0.201. The van der Waals surface area contributed by atoms with E-state index in [0.29, 0.717) is 11.8 Å². The summed E-state index contributed by atoms with van der Waals surface area (Å²) in [5.41, 5.74) is 11.4. The van der Waals surface area contributed by atoms with Crippen molar-refractivity contribution in [2.45, 2.75) is 24.2 Å². The predicted molar refractivity (Wildman–Crippen MR) is 185 cm³/mol. The summed E-state index contributed by atoms with van der Waals surface area (Å²) in [6, 6.07) is 48.7.